The summed E-state index contributed by atoms with van der Waals surface area (Å²) in [6.45, 7) is 7.34. The lowest BCUT2D eigenvalue weighted by molar-refractivity contribution is -0.135. The van der Waals surface area contributed by atoms with Crippen molar-refractivity contribution in [2.24, 2.45) is 11.7 Å². The number of thiocarbonyl (C=S) groups is 1. The Hall–Kier alpha value is -1.15. The summed E-state index contributed by atoms with van der Waals surface area (Å²) in [6.07, 6.45) is 3.58. The fraction of sp³-hybridized carbons (Fsp3) is 0.824. The van der Waals surface area contributed by atoms with Gasteiger partial charge in [0.15, 0.2) is 0 Å². The molecule has 0 bridgehead atoms. The number of carbonyl (C=O) groups is 2. The van der Waals surface area contributed by atoms with Crippen LogP contribution in [0.15, 0.2) is 0 Å². The van der Waals surface area contributed by atoms with E-state index in [1.807, 2.05) is 11.8 Å². The fourth-order valence-corrected chi connectivity index (χ4v) is 3.53. The Kier molecular flexibility index (Phi) is 9.42. The van der Waals surface area contributed by atoms with E-state index in [2.05, 4.69) is 19.2 Å². The van der Waals surface area contributed by atoms with Crippen LogP contribution in [0.5, 0.6) is 0 Å². The molecule has 0 aromatic carbocycles. The zero-order chi connectivity index (χ0) is 19.0. The van der Waals surface area contributed by atoms with Crippen molar-refractivity contribution in [1.82, 2.24) is 15.1 Å². The second kappa shape index (κ2) is 10.8. The summed E-state index contributed by atoms with van der Waals surface area (Å²) in [5, 5.41) is 3.02. The molecule has 140 valence electrons. The van der Waals surface area contributed by atoms with Crippen LogP contribution < -0.4 is 11.1 Å². The third-order valence-electron chi connectivity index (χ3n) is 4.73. The zero-order valence-corrected chi connectivity index (χ0v) is 16.5. The molecule has 1 saturated heterocycles. The summed E-state index contributed by atoms with van der Waals surface area (Å²) in [5.41, 5.74) is 5.43. The molecule has 1 heterocycles. The molecule has 3 atom stereocenters. The van der Waals surface area contributed by atoms with Gasteiger partial charge in [0.1, 0.15) is 4.99 Å². The van der Waals surface area contributed by atoms with E-state index in [9.17, 15) is 9.59 Å². The monoisotopic (exact) mass is 366 g/mol. The van der Waals surface area contributed by atoms with Crippen LogP contribution in [0.4, 0.5) is 0 Å². The lowest BCUT2D eigenvalue weighted by Gasteiger charge is -2.34. The predicted octanol–water partition coefficient (Wildman–Crippen LogP) is 0.632. The maximum Gasteiger partial charge on any atom is 0.240 e. The van der Waals surface area contributed by atoms with Gasteiger partial charge in [-0.05, 0) is 31.1 Å². The smallest absolute Gasteiger partial charge is 0.240 e. The first-order valence-corrected chi connectivity index (χ1v) is 9.59. The van der Waals surface area contributed by atoms with Crippen LogP contribution in [-0.4, -0.2) is 72.6 Å². The SMILES string of the molecule is [B][C@@H]1CCCN1C(=S)[C@@H](NC(=O)CN(CCC)C(=O)CN)C(C)CC. The highest BCUT2D eigenvalue weighted by Crippen LogP contribution is 2.20. The molecule has 1 fully saturated rings. The molecule has 1 aliphatic rings. The van der Waals surface area contributed by atoms with E-state index in [1.165, 1.54) is 4.90 Å². The topological polar surface area (TPSA) is 78.7 Å². The van der Waals surface area contributed by atoms with Gasteiger partial charge in [0.05, 0.1) is 27.0 Å². The summed E-state index contributed by atoms with van der Waals surface area (Å²) < 4.78 is 0. The molecule has 6 nitrogen and oxygen atoms in total. The number of rotatable bonds is 9. The third kappa shape index (κ3) is 6.26. The number of hydrogen-bond acceptors (Lipinski definition) is 4. The van der Waals surface area contributed by atoms with Gasteiger partial charge in [-0.25, -0.2) is 0 Å². The number of carbonyl (C=O) groups excluding carboxylic acids is 2. The molecule has 3 N–H and O–H groups in total. The van der Waals surface area contributed by atoms with Gasteiger partial charge in [-0.3, -0.25) is 9.59 Å². The molecule has 0 aliphatic carbocycles. The first kappa shape index (κ1) is 21.9. The van der Waals surface area contributed by atoms with Gasteiger partial charge >= 0.3 is 0 Å². The van der Waals surface area contributed by atoms with Crippen molar-refractivity contribution >= 4 is 36.9 Å². The van der Waals surface area contributed by atoms with Gasteiger partial charge < -0.3 is 20.9 Å². The first-order chi connectivity index (χ1) is 11.8. The van der Waals surface area contributed by atoms with Crippen LogP contribution in [0.2, 0.25) is 0 Å². The van der Waals surface area contributed by atoms with Crippen molar-refractivity contribution in [2.45, 2.75) is 58.4 Å². The Morgan fingerprint density at radius 2 is 2.12 bits per heavy atom. The minimum absolute atomic E-state index is 0.00543. The average Bonchev–Trinajstić information content (AvgIpc) is 3.03. The van der Waals surface area contributed by atoms with Crippen molar-refractivity contribution in [3.63, 3.8) is 0 Å². The molecule has 1 aliphatic heterocycles. The van der Waals surface area contributed by atoms with Gasteiger partial charge in [0.25, 0.3) is 0 Å². The number of likely N-dealkylation sites (tertiary alicyclic amines) is 1. The molecule has 1 unspecified atom stereocenters. The molecule has 0 spiro atoms. The van der Waals surface area contributed by atoms with Crippen molar-refractivity contribution in [1.29, 1.82) is 0 Å². The van der Waals surface area contributed by atoms with Gasteiger partial charge in [-0.1, -0.05) is 39.4 Å². The first-order valence-electron chi connectivity index (χ1n) is 9.18. The van der Waals surface area contributed by atoms with Gasteiger partial charge in [0, 0.05) is 13.1 Å². The van der Waals surface area contributed by atoms with Crippen LogP contribution >= 0.6 is 12.2 Å². The summed E-state index contributed by atoms with van der Waals surface area (Å²) in [4.78, 5) is 28.6. The maximum absolute atomic E-state index is 12.5. The average molecular weight is 366 g/mol. The minimum Gasteiger partial charge on any atom is -0.370 e. The van der Waals surface area contributed by atoms with Crippen molar-refractivity contribution in [3.05, 3.63) is 0 Å². The van der Waals surface area contributed by atoms with Crippen LogP contribution in [0.25, 0.3) is 0 Å². The maximum atomic E-state index is 12.5. The number of amides is 2. The molecular weight excluding hydrogens is 335 g/mol. The highest BCUT2D eigenvalue weighted by Gasteiger charge is 2.31. The Balaban J connectivity index is 2.78. The summed E-state index contributed by atoms with van der Waals surface area (Å²) in [6, 6.07) is -0.256. The molecule has 8 heteroatoms. The Morgan fingerprint density at radius 3 is 2.60 bits per heavy atom. The lowest BCUT2D eigenvalue weighted by atomic mass is 9.92. The van der Waals surface area contributed by atoms with Crippen LogP contribution in [-0.2, 0) is 9.59 Å². The summed E-state index contributed by atoms with van der Waals surface area (Å²) >= 11 is 5.64. The molecule has 2 radical (unpaired) electrons. The largest absolute Gasteiger partial charge is 0.370 e. The molecular formula is C17H31BN4O2S. The number of hydrogen-bond donors (Lipinski definition) is 2. The highest BCUT2D eigenvalue weighted by atomic mass is 32.1. The van der Waals surface area contributed by atoms with E-state index < -0.39 is 0 Å². The normalized spacial score (nSPS) is 19.4. The van der Waals surface area contributed by atoms with Crippen molar-refractivity contribution < 1.29 is 9.59 Å². The zero-order valence-electron chi connectivity index (χ0n) is 15.7. The number of nitrogens with one attached hydrogen (secondary N) is 1. The molecule has 1 rings (SSSR count). The molecule has 0 aromatic heterocycles. The highest BCUT2D eigenvalue weighted by molar-refractivity contribution is 7.80. The molecule has 2 amide bonds. The lowest BCUT2D eigenvalue weighted by Crippen LogP contribution is -2.54. The molecule has 0 saturated carbocycles. The summed E-state index contributed by atoms with van der Waals surface area (Å²) in [5.74, 6) is -0.322. The Labute approximate surface area is 158 Å². The number of nitrogens with zero attached hydrogens (tertiary/aromatic N) is 2. The van der Waals surface area contributed by atoms with Crippen LogP contribution in [0, 0.1) is 5.92 Å². The van der Waals surface area contributed by atoms with Gasteiger partial charge in [-0.15, -0.1) is 0 Å². The van der Waals surface area contributed by atoms with E-state index in [0.29, 0.717) is 11.5 Å². The number of nitrogens with two attached hydrogens (primary N) is 1. The van der Waals surface area contributed by atoms with Crippen molar-refractivity contribution in [3.8, 4) is 0 Å². The van der Waals surface area contributed by atoms with Crippen LogP contribution in [0.3, 0.4) is 0 Å². The van der Waals surface area contributed by atoms with E-state index in [1.54, 1.807) is 0 Å². The molecule has 25 heavy (non-hydrogen) atoms. The van der Waals surface area contributed by atoms with Crippen LogP contribution in [0.1, 0.15) is 46.5 Å². The second-order valence-electron chi connectivity index (χ2n) is 6.69. The van der Waals surface area contributed by atoms with Gasteiger partial charge in [-0.2, -0.15) is 0 Å². The fourth-order valence-electron chi connectivity index (χ4n) is 3.01. The Bertz CT molecular complexity index is 478. The van der Waals surface area contributed by atoms with Crippen molar-refractivity contribution in [2.75, 3.05) is 26.2 Å². The Morgan fingerprint density at radius 1 is 1.44 bits per heavy atom. The standard InChI is InChI=1S/C17H31BN4O2S/c1-4-8-21(15(24)10-19)11-14(23)20-16(12(3)5-2)17(25)22-9-6-7-13(22)18/h12-13,16H,4-11,19H2,1-3H3,(H,20,23)/t12?,13-,16-/m0/s1. The minimum atomic E-state index is -0.256. The molecule has 0 aromatic rings. The second-order valence-corrected chi connectivity index (χ2v) is 7.11. The van der Waals surface area contributed by atoms with E-state index >= 15 is 0 Å². The van der Waals surface area contributed by atoms with E-state index in [4.69, 9.17) is 25.8 Å². The summed E-state index contributed by atoms with van der Waals surface area (Å²) in [7, 11) is 6.13. The van der Waals surface area contributed by atoms with E-state index in [-0.39, 0.29) is 42.8 Å². The third-order valence-corrected chi connectivity index (χ3v) is 5.22. The predicted molar refractivity (Wildman–Crippen MR) is 105 cm³/mol. The quantitative estimate of drug-likeness (QED) is 0.462. The van der Waals surface area contributed by atoms with E-state index in [0.717, 1.165) is 32.2 Å². The van der Waals surface area contributed by atoms with Gasteiger partial charge in [0.2, 0.25) is 11.8 Å².